The normalized spacial score (nSPS) is 11.9. The molecule has 4 nitrogen and oxygen atoms in total. The van der Waals surface area contributed by atoms with Gasteiger partial charge in [-0.15, -0.1) is 0 Å². The van der Waals surface area contributed by atoms with E-state index >= 15 is 0 Å². The third kappa shape index (κ3) is 2.67. The van der Waals surface area contributed by atoms with Crippen molar-refractivity contribution in [1.29, 1.82) is 0 Å². The zero-order chi connectivity index (χ0) is 10.6. The van der Waals surface area contributed by atoms with Crippen LogP contribution in [0.25, 0.3) is 0 Å². The Morgan fingerprint density at radius 3 is 2.36 bits per heavy atom. The van der Waals surface area contributed by atoms with Crippen LogP contribution in [0, 0.1) is 0 Å². The Morgan fingerprint density at radius 2 is 1.86 bits per heavy atom. The number of aliphatic hydroxyl groups excluding tert-OH is 1. The summed E-state index contributed by atoms with van der Waals surface area (Å²) in [4.78, 5) is 22.0. The fourth-order valence-electron chi connectivity index (χ4n) is 0.810. The van der Waals surface area contributed by atoms with Gasteiger partial charge >= 0.3 is 11.9 Å². The van der Waals surface area contributed by atoms with Gasteiger partial charge in [0.2, 0.25) is 0 Å². The topological polar surface area (TPSA) is 63.6 Å². The van der Waals surface area contributed by atoms with E-state index in [0.29, 0.717) is 0 Å². The number of ether oxygens (including phenoxy) is 1. The van der Waals surface area contributed by atoms with Crippen molar-refractivity contribution in [3.63, 3.8) is 0 Å². The Hall–Kier alpha value is -1.68. The van der Waals surface area contributed by atoms with E-state index in [0.717, 1.165) is 0 Å². The van der Waals surface area contributed by atoms with Crippen LogP contribution in [0.15, 0.2) is 30.3 Å². The minimum atomic E-state index is -1.29. The van der Waals surface area contributed by atoms with Gasteiger partial charge in [0.25, 0.3) is 0 Å². The number of aliphatic hydroxyl groups is 1. The number of esters is 2. The van der Waals surface area contributed by atoms with Crippen LogP contribution in [0.5, 0.6) is 0 Å². The van der Waals surface area contributed by atoms with Crippen molar-refractivity contribution in [2.75, 3.05) is 0 Å². The van der Waals surface area contributed by atoms with Gasteiger partial charge in [-0.25, -0.2) is 9.59 Å². The van der Waals surface area contributed by atoms with Gasteiger partial charge in [-0.1, -0.05) is 18.2 Å². The summed E-state index contributed by atoms with van der Waals surface area (Å²) in [7, 11) is 0. The molecule has 1 atom stereocenters. The smallest absolute Gasteiger partial charge is 0.345 e. The molecule has 0 amide bonds. The summed E-state index contributed by atoms with van der Waals surface area (Å²) in [6, 6.07) is 8.11. The van der Waals surface area contributed by atoms with Gasteiger partial charge < -0.3 is 9.84 Å². The largest absolute Gasteiger partial charge is 0.387 e. The predicted octanol–water partition coefficient (Wildman–Crippen LogP) is 0.751. The summed E-state index contributed by atoms with van der Waals surface area (Å²) in [6.45, 7) is 1.24. The van der Waals surface area contributed by atoms with Crippen molar-refractivity contribution >= 4 is 11.9 Å². The Labute approximate surface area is 81.1 Å². The summed E-state index contributed by atoms with van der Waals surface area (Å²) >= 11 is 0. The highest BCUT2D eigenvalue weighted by Gasteiger charge is 2.16. The summed E-state index contributed by atoms with van der Waals surface area (Å²) in [5.41, 5.74) is 0.279. The molecule has 1 N–H and O–H groups in total. The van der Waals surface area contributed by atoms with E-state index in [2.05, 4.69) is 4.74 Å². The van der Waals surface area contributed by atoms with Crippen molar-refractivity contribution in [3.8, 4) is 0 Å². The molecule has 14 heavy (non-hydrogen) atoms. The molecule has 0 bridgehead atoms. The molecule has 0 aliphatic rings. The van der Waals surface area contributed by atoms with Gasteiger partial charge in [0.1, 0.15) is 6.10 Å². The van der Waals surface area contributed by atoms with Crippen molar-refractivity contribution in [3.05, 3.63) is 35.9 Å². The van der Waals surface area contributed by atoms with Crippen LogP contribution in [0.2, 0.25) is 0 Å². The maximum atomic E-state index is 11.2. The first-order valence-electron chi connectivity index (χ1n) is 4.10. The number of carbonyl (C=O) groups excluding carboxylic acids is 2. The van der Waals surface area contributed by atoms with Crippen LogP contribution in [0.1, 0.15) is 17.3 Å². The fourth-order valence-corrected chi connectivity index (χ4v) is 0.810. The second kappa shape index (κ2) is 4.53. The van der Waals surface area contributed by atoms with E-state index in [9.17, 15) is 9.59 Å². The molecule has 1 unspecified atom stereocenters. The van der Waals surface area contributed by atoms with Gasteiger partial charge in [0.05, 0.1) is 5.56 Å². The lowest BCUT2D eigenvalue weighted by molar-refractivity contribution is -0.146. The Bertz CT molecular complexity index is 329. The van der Waals surface area contributed by atoms with Crippen LogP contribution < -0.4 is 0 Å². The van der Waals surface area contributed by atoms with Crippen molar-refractivity contribution in [2.45, 2.75) is 13.0 Å². The van der Waals surface area contributed by atoms with E-state index in [1.807, 2.05) is 0 Å². The second-order valence-electron chi connectivity index (χ2n) is 2.75. The standard InChI is InChI=1S/C10H10O4/c1-7(11)9(12)14-10(13)8-5-3-2-4-6-8/h2-7,11H,1H3. The molecular formula is C10H10O4. The number of rotatable bonds is 2. The van der Waals surface area contributed by atoms with Crippen LogP contribution in [-0.2, 0) is 9.53 Å². The third-order valence-corrected chi connectivity index (χ3v) is 1.54. The molecule has 1 aromatic rings. The average molecular weight is 194 g/mol. The first-order valence-corrected chi connectivity index (χ1v) is 4.10. The molecule has 0 saturated carbocycles. The average Bonchev–Trinajstić information content (AvgIpc) is 2.19. The Balaban J connectivity index is 2.65. The first-order chi connectivity index (χ1) is 6.61. The zero-order valence-electron chi connectivity index (χ0n) is 7.64. The summed E-state index contributed by atoms with van der Waals surface area (Å²) in [5.74, 6) is -1.70. The third-order valence-electron chi connectivity index (χ3n) is 1.54. The predicted molar refractivity (Wildman–Crippen MR) is 48.5 cm³/mol. The van der Waals surface area contributed by atoms with Crippen molar-refractivity contribution < 1.29 is 19.4 Å². The highest BCUT2D eigenvalue weighted by atomic mass is 16.6. The van der Waals surface area contributed by atoms with Crippen LogP contribution in [-0.4, -0.2) is 23.1 Å². The highest BCUT2D eigenvalue weighted by Crippen LogP contribution is 2.01. The van der Waals surface area contributed by atoms with Crippen molar-refractivity contribution in [1.82, 2.24) is 0 Å². The summed E-state index contributed by atoms with van der Waals surface area (Å²) in [5, 5.41) is 8.79. The summed E-state index contributed by atoms with van der Waals surface area (Å²) in [6.07, 6.45) is -1.29. The molecule has 0 heterocycles. The van der Waals surface area contributed by atoms with E-state index in [1.165, 1.54) is 19.1 Å². The lowest BCUT2D eigenvalue weighted by atomic mass is 10.2. The van der Waals surface area contributed by atoms with Gasteiger partial charge in [-0.2, -0.15) is 0 Å². The van der Waals surface area contributed by atoms with E-state index in [1.54, 1.807) is 18.2 Å². The molecule has 74 valence electrons. The maximum absolute atomic E-state index is 11.2. The minimum Gasteiger partial charge on any atom is -0.387 e. The van der Waals surface area contributed by atoms with E-state index < -0.39 is 18.0 Å². The molecule has 0 saturated heterocycles. The molecule has 0 aliphatic heterocycles. The number of benzene rings is 1. The first kappa shape index (κ1) is 10.4. The van der Waals surface area contributed by atoms with Crippen LogP contribution in [0.4, 0.5) is 0 Å². The number of carbonyl (C=O) groups is 2. The van der Waals surface area contributed by atoms with E-state index in [-0.39, 0.29) is 5.56 Å². The molecule has 0 fully saturated rings. The van der Waals surface area contributed by atoms with Crippen LogP contribution in [0.3, 0.4) is 0 Å². The molecule has 0 aliphatic carbocycles. The fraction of sp³-hybridized carbons (Fsp3) is 0.200. The minimum absolute atomic E-state index is 0.279. The molecule has 0 radical (unpaired) electrons. The van der Waals surface area contributed by atoms with Gasteiger partial charge in [-0.05, 0) is 19.1 Å². The lowest BCUT2D eigenvalue weighted by Gasteiger charge is -2.03. The molecule has 0 aromatic heterocycles. The Kier molecular flexibility index (Phi) is 3.36. The van der Waals surface area contributed by atoms with Gasteiger partial charge in [0.15, 0.2) is 0 Å². The van der Waals surface area contributed by atoms with Crippen LogP contribution >= 0.6 is 0 Å². The van der Waals surface area contributed by atoms with Gasteiger partial charge in [-0.3, -0.25) is 0 Å². The molecule has 1 aromatic carbocycles. The van der Waals surface area contributed by atoms with E-state index in [4.69, 9.17) is 5.11 Å². The van der Waals surface area contributed by atoms with Gasteiger partial charge in [0, 0.05) is 0 Å². The maximum Gasteiger partial charge on any atom is 0.345 e. The highest BCUT2D eigenvalue weighted by molar-refractivity contribution is 5.97. The molecule has 0 spiro atoms. The zero-order valence-corrected chi connectivity index (χ0v) is 7.64. The SMILES string of the molecule is CC(O)C(=O)OC(=O)c1ccccc1. The van der Waals surface area contributed by atoms with Crippen molar-refractivity contribution in [2.24, 2.45) is 0 Å². The number of hydrogen-bond acceptors (Lipinski definition) is 4. The quantitative estimate of drug-likeness (QED) is 0.557. The number of hydrogen-bond donors (Lipinski definition) is 1. The molecule has 1 rings (SSSR count). The second-order valence-corrected chi connectivity index (χ2v) is 2.75. The molecule has 4 heteroatoms. The summed E-state index contributed by atoms with van der Waals surface area (Å²) < 4.78 is 4.37. The lowest BCUT2D eigenvalue weighted by Crippen LogP contribution is -2.22. The molecular weight excluding hydrogens is 184 g/mol. The Morgan fingerprint density at radius 1 is 1.29 bits per heavy atom. The monoisotopic (exact) mass is 194 g/mol.